The summed E-state index contributed by atoms with van der Waals surface area (Å²) in [7, 11) is 0. The summed E-state index contributed by atoms with van der Waals surface area (Å²) >= 11 is 3.50. The number of hydrogen-bond acceptors (Lipinski definition) is 3. The van der Waals surface area contributed by atoms with Gasteiger partial charge in [0.25, 0.3) is 5.91 Å². The molecule has 0 aliphatic heterocycles. The predicted molar refractivity (Wildman–Crippen MR) is 113 cm³/mol. The number of nitrogens with one attached hydrogen (secondary N) is 3. The fourth-order valence-corrected chi connectivity index (χ4v) is 3.79. The van der Waals surface area contributed by atoms with E-state index in [4.69, 9.17) is 0 Å². The molecule has 5 rings (SSSR count). The molecule has 0 saturated heterocycles. The standard InChI is InChI=1S/C21H14BrN5O/c22-18-15-6-7-23-20(15)25-11-16(18)21(28)26-14-8-13-9-17(27-19(13)24-10-14)12-4-2-1-3-5-12/h1-11H,(H,23,25)(H,24,27)(H,26,28). The summed E-state index contributed by atoms with van der Waals surface area (Å²) in [5.41, 5.74) is 4.65. The number of carbonyl (C=O) groups excluding carboxylic acids is 1. The summed E-state index contributed by atoms with van der Waals surface area (Å²) in [5, 5.41) is 4.69. The second kappa shape index (κ2) is 6.61. The van der Waals surface area contributed by atoms with Crippen LogP contribution in [-0.4, -0.2) is 25.8 Å². The van der Waals surface area contributed by atoms with Crippen molar-refractivity contribution in [3.05, 3.63) is 77.2 Å². The molecule has 5 aromatic rings. The zero-order valence-electron chi connectivity index (χ0n) is 14.5. The van der Waals surface area contributed by atoms with Crippen molar-refractivity contribution < 1.29 is 4.79 Å². The molecule has 7 heteroatoms. The topological polar surface area (TPSA) is 86.5 Å². The monoisotopic (exact) mass is 431 g/mol. The van der Waals surface area contributed by atoms with Crippen LogP contribution >= 0.6 is 15.9 Å². The fraction of sp³-hybridized carbons (Fsp3) is 0. The largest absolute Gasteiger partial charge is 0.346 e. The summed E-state index contributed by atoms with van der Waals surface area (Å²) in [4.78, 5) is 27.8. The summed E-state index contributed by atoms with van der Waals surface area (Å²) in [6.07, 6.45) is 4.98. The Bertz CT molecular complexity index is 1320. The SMILES string of the molecule is O=C(Nc1cnc2[nH]c(-c3ccccc3)cc2c1)c1cnc2[nH]ccc2c1Br. The summed E-state index contributed by atoms with van der Waals surface area (Å²) in [6, 6.07) is 15.8. The number of rotatable bonds is 3. The molecule has 3 N–H and O–H groups in total. The molecule has 1 amide bonds. The van der Waals surface area contributed by atoms with E-state index in [2.05, 4.69) is 41.2 Å². The van der Waals surface area contributed by atoms with Crippen molar-refractivity contribution in [1.29, 1.82) is 0 Å². The van der Waals surface area contributed by atoms with Gasteiger partial charge in [0.2, 0.25) is 0 Å². The third-order valence-electron chi connectivity index (χ3n) is 4.58. The van der Waals surface area contributed by atoms with E-state index in [1.54, 1.807) is 18.6 Å². The summed E-state index contributed by atoms with van der Waals surface area (Å²) < 4.78 is 0.707. The summed E-state index contributed by atoms with van der Waals surface area (Å²) in [5.74, 6) is -0.248. The number of amides is 1. The molecule has 0 unspecified atom stereocenters. The van der Waals surface area contributed by atoms with Gasteiger partial charge in [-0.25, -0.2) is 9.97 Å². The molecule has 1 aromatic carbocycles. The Morgan fingerprint density at radius 3 is 2.68 bits per heavy atom. The molecule has 0 radical (unpaired) electrons. The molecule has 4 aromatic heterocycles. The minimum absolute atomic E-state index is 0.248. The molecule has 0 saturated carbocycles. The zero-order chi connectivity index (χ0) is 19.1. The van der Waals surface area contributed by atoms with Crippen LogP contribution < -0.4 is 5.32 Å². The molecule has 0 fully saturated rings. The molecular weight excluding hydrogens is 418 g/mol. The van der Waals surface area contributed by atoms with E-state index in [0.29, 0.717) is 15.7 Å². The smallest absolute Gasteiger partial charge is 0.258 e. The normalized spacial score (nSPS) is 11.2. The van der Waals surface area contributed by atoms with Crippen LogP contribution in [0, 0.1) is 0 Å². The molecule has 0 atom stereocenters. The molecule has 0 aliphatic carbocycles. The molecule has 4 heterocycles. The Morgan fingerprint density at radius 1 is 1.00 bits per heavy atom. The van der Waals surface area contributed by atoms with Crippen LogP contribution in [0.25, 0.3) is 33.3 Å². The van der Waals surface area contributed by atoms with E-state index in [1.165, 1.54) is 0 Å². The van der Waals surface area contributed by atoms with Gasteiger partial charge in [-0.3, -0.25) is 4.79 Å². The molecule has 0 bridgehead atoms. The maximum absolute atomic E-state index is 12.7. The summed E-state index contributed by atoms with van der Waals surface area (Å²) in [6.45, 7) is 0. The van der Waals surface area contributed by atoms with Crippen molar-refractivity contribution in [3.8, 4) is 11.3 Å². The van der Waals surface area contributed by atoms with Gasteiger partial charge in [0, 0.05) is 33.3 Å². The van der Waals surface area contributed by atoms with Crippen molar-refractivity contribution in [1.82, 2.24) is 19.9 Å². The maximum atomic E-state index is 12.7. The van der Waals surface area contributed by atoms with Gasteiger partial charge in [0.05, 0.1) is 17.4 Å². The fourth-order valence-electron chi connectivity index (χ4n) is 3.19. The Balaban J connectivity index is 1.46. The molecule has 6 nitrogen and oxygen atoms in total. The van der Waals surface area contributed by atoms with E-state index < -0.39 is 0 Å². The number of pyridine rings is 2. The van der Waals surface area contributed by atoms with Crippen molar-refractivity contribution in [2.45, 2.75) is 0 Å². The van der Waals surface area contributed by atoms with E-state index >= 15 is 0 Å². The number of H-pyrrole nitrogens is 2. The second-order valence-corrected chi connectivity index (χ2v) is 7.18. The van der Waals surface area contributed by atoms with Gasteiger partial charge < -0.3 is 15.3 Å². The predicted octanol–water partition coefficient (Wildman–Crippen LogP) is 5.12. The van der Waals surface area contributed by atoms with E-state index in [0.717, 1.165) is 33.3 Å². The van der Waals surface area contributed by atoms with Crippen LogP contribution in [0.15, 0.2) is 71.6 Å². The number of halogens is 1. The number of nitrogens with zero attached hydrogens (tertiary/aromatic N) is 2. The maximum Gasteiger partial charge on any atom is 0.258 e. The van der Waals surface area contributed by atoms with Gasteiger partial charge in [-0.15, -0.1) is 0 Å². The average Bonchev–Trinajstić information content (AvgIpc) is 3.35. The van der Waals surface area contributed by atoms with Gasteiger partial charge in [0.15, 0.2) is 0 Å². The molecule has 28 heavy (non-hydrogen) atoms. The second-order valence-electron chi connectivity index (χ2n) is 6.39. The number of aromatic nitrogens is 4. The van der Waals surface area contributed by atoms with Crippen LogP contribution in [0.3, 0.4) is 0 Å². The van der Waals surface area contributed by atoms with Crippen LogP contribution in [0.4, 0.5) is 5.69 Å². The number of aromatic amines is 2. The molecule has 0 aliphatic rings. The lowest BCUT2D eigenvalue weighted by atomic mass is 10.1. The third kappa shape index (κ3) is 2.86. The van der Waals surface area contributed by atoms with Gasteiger partial charge >= 0.3 is 0 Å². The number of fused-ring (bicyclic) bond motifs is 2. The number of anilines is 1. The third-order valence-corrected chi connectivity index (χ3v) is 5.43. The Kier molecular flexibility index (Phi) is 3.95. The van der Waals surface area contributed by atoms with Gasteiger partial charge in [-0.2, -0.15) is 0 Å². The van der Waals surface area contributed by atoms with Gasteiger partial charge in [-0.05, 0) is 39.7 Å². The van der Waals surface area contributed by atoms with Crippen molar-refractivity contribution in [2.75, 3.05) is 5.32 Å². The van der Waals surface area contributed by atoms with Crippen molar-refractivity contribution >= 4 is 49.6 Å². The molecule has 0 spiro atoms. The lowest BCUT2D eigenvalue weighted by Gasteiger charge is -2.07. The first-order chi connectivity index (χ1) is 13.7. The Labute approximate surface area is 168 Å². The van der Waals surface area contributed by atoms with Crippen LogP contribution in [0.5, 0.6) is 0 Å². The van der Waals surface area contributed by atoms with Gasteiger partial charge in [0.1, 0.15) is 11.3 Å². The first-order valence-corrected chi connectivity index (χ1v) is 9.45. The van der Waals surface area contributed by atoms with Crippen molar-refractivity contribution in [2.24, 2.45) is 0 Å². The lowest BCUT2D eigenvalue weighted by molar-refractivity contribution is 0.102. The highest BCUT2D eigenvalue weighted by Crippen LogP contribution is 2.27. The lowest BCUT2D eigenvalue weighted by Crippen LogP contribution is -2.13. The quantitative estimate of drug-likeness (QED) is 0.370. The first kappa shape index (κ1) is 16.7. The number of carbonyl (C=O) groups is 1. The number of hydrogen-bond donors (Lipinski definition) is 3. The van der Waals surface area contributed by atoms with Crippen LogP contribution in [-0.2, 0) is 0 Å². The van der Waals surface area contributed by atoms with Crippen LogP contribution in [0.2, 0.25) is 0 Å². The molecular formula is C21H14BrN5O. The van der Waals surface area contributed by atoms with Crippen LogP contribution in [0.1, 0.15) is 10.4 Å². The highest BCUT2D eigenvalue weighted by Gasteiger charge is 2.15. The van der Waals surface area contributed by atoms with E-state index in [-0.39, 0.29) is 5.91 Å². The van der Waals surface area contributed by atoms with E-state index in [9.17, 15) is 4.79 Å². The minimum Gasteiger partial charge on any atom is -0.346 e. The Morgan fingerprint density at radius 2 is 1.82 bits per heavy atom. The minimum atomic E-state index is -0.248. The highest BCUT2D eigenvalue weighted by atomic mass is 79.9. The highest BCUT2D eigenvalue weighted by molar-refractivity contribution is 9.10. The average molecular weight is 432 g/mol. The first-order valence-electron chi connectivity index (χ1n) is 8.66. The van der Waals surface area contributed by atoms with Gasteiger partial charge in [-0.1, -0.05) is 30.3 Å². The molecule has 136 valence electrons. The van der Waals surface area contributed by atoms with E-state index in [1.807, 2.05) is 48.5 Å². The number of benzene rings is 1. The van der Waals surface area contributed by atoms with Crippen molar-refractivity contribution in [3.63, 3.8) is 0 Å². The Hall–Kier alpha value is -3.45. The zero-order valence-corrected chi connectivity index (χ0v) is 16.1.